The van der Waals surface area contributed by atoms with E-state index in [9.17, 15) is 0 Å². The molecule has 0 aliphatic heterocycles. The molecule has 3 nitrogen and oxygen atoms in total. The number of ether oxygens (including phenoxy) is 2. The van der Waals surface area contributed by atoms with Gasteiger partial charge in [-0.1, -0.05) is 66.7 Å². The molecule has 0 amide bonds. The zero-order chi connectivity index (χ0) is 18.5. The molecule has 0 saturated carbocycles. The standard InChI is InChI=1S/C24H21NO2/c25-23-14-21-13-22(26-16-18-7-3-1-4-8-18)12-11-20(21)15-24(23)27-17-19-9-5-2-6-10-19/h1-15H,16-17,25H2. The molecule has 0 aromatic heterocycles. The third kappa shape index (κ3) is 4.21. The number of hydrogen-bond acceptors (Lipinski definition) is 3. The van der Waals surface area contributed by atoms with Crippen molar-refractivity contribution in [1.29, 1.82) is 0 Å². The van der Waals surface area contributed by atoms with E-state index in [1.807, 2.05) is 78.9 Å². The minimum absolute atomic E-state index is 0.495. The lowest BCUT2D eigenvalue weighted by Crippen LogP contribution is -1.99. The number of nitrogens with two attached hydrogens (primary N) is 1. The topological polar surface area (TPSA) is 44.5 Å². The quantitative estimate of drug-likeness (QED) is 0.459. The van der Waals surface area contributed by atoms with Crippen molar-refractivity contribution in [2.24, 2.45) is 0 Å². The third-order valence-corrected chi connectivity index (χ3v) is 4.43. The van der Waals surface area contributed by atoms with Crippen molar-refractivity contribution in [3.63, 3.8) is 0 Å². The molecule has 0 saturated heterocycles. The molecule has 4 aromatic rings. The van der Waals surface area contributed by atoms with E-state index >= 15 is 0 Å². The highest BCUT2D eigenvalue weighted by Crippen LogP contribution is 2.31. The van der Waals surface area contributed by atoms with E-state index in [0.717, 1.165) is 27.6 Å². The van der Waals surface area contributed by atoms with Gasteiger partial charge in [-0.3, -0.25) is 0 Å². The second-order valence-corrected chi connectivity index (χ2v) is 6.45. The van der Waals surface area contributed by atoms with E-state index in [2.05, 4.69) is 12.1 Å². The highest BCUT2D eigenvalue weighted by Gasteiger charge is 2.06. The molecule has 3 heteroatoms. The normalized spacial score (nSPS) is 10.7. The molecule has 0 radical (unpaired) electrons. The van der Waals surface area contributed by atoms with Crippen LogP contribution >= 0.6 is 0 Å². The summed E-state index contributed by atoms with van der Waals surface area (Å²) in [4.78, 5) is 0. The number of anilines is 1. The van der Waals surface area contributed by atoms with E-state index in [0.29, 0.717) is 24.7 Å². The van der Waals surface area contributed by atoms with E-state index in [1.54, 1.807) is 0 Å². The summed E-state index contributed by atoms with van der Waals surface area (Å²) in [7, 11) is 0. The second-order valence-electron chi connectivity index (χ2n) is 6.45. The Balaban J connectivity index is 1.49. The fourth-order valence-corrected chi connectivity index (χ4v) is 2.96. The first kappa shape index (κ1) is 17.0. The van der Waals surface area contributed by atoms with E-state index < -0.39 is 0 Å². The summed E-state index contributed by atoms with van der Waals surface area (Å²) in [5, 5.41) is 2.10. The predicted octanol–water partition coefficient (Wildman–Crippen LogP) is 5.58. The molecule has 134 valence electrons. The van der Waals surface area contributed by atoms with Gasteiger partial charge >= 0.3 is 0 Å². The zero-order valence-corrected chi connectivity index (χ0v) is 15.0. The van der Waals surface area contributed by atoms with Gasteiger partial charge in [0.25, 0.3) is 0 Å². The number of hydrogen-bond donors (Lipinski definition) is 1. The highest BCUT2D eigenvalue weighted by atomic mass is 16.5. The first-order valence-corrected chi connectivity index (χ1v) is 8.95. The number of nitrogen functional groups attached to an aromatic ring is 1. The van der Waals surface area contributed by atoms with Crippen LogP contribution in [-0.2, 0) is 13.2 Å². The molecule has 2 N–H and O–H groups in total. The fraction of sp³-hybridized carbons (Fsp3) is 0.0833. The summed E-state index contributed by atoms with van der Waals surface area (Å²) in [6.45, 7) is 1.04. The molecule has 0 atom stereocenters. The van der Waals surface area contributed by atoms with Gasteiger partial charge in [-0.2, -0.15) is 0 Å². The van der Waals surface area contributed by atoms with Crippen LogP contribution in [0.2, 0.25) is 0 Å². The maximum Gasteiger partial charge on any atom is 0.143 e. The lowest BCUT2D eigenvalue weighted by atomic mass is 10.1. The van der Waals surface area contributed by atoms with Crippen LogP contribution in [0.15, 0.2) is 91.0 Å². The molecule has 0 aliphatic carbocycles. The molecule has 0 heterocycles. The van der Waals surface area contributed by atoms with Gasteiger partial charge < -0.3 is 15.2 Å². The van der Waals surface area contributed by atoms with Crippen LogP contribution in [0, 0.1) is 0 Å². The van der Waals surface area contributed by atoms with Gasteiger partial charge in [0.1, 0.15) is 24.7 Å². The minimum atomic E-state index is 0.495. The van der Waals surface area contributed by atoms with Crippen molar-refractivity contribution >= 4 is 16.5 Å². The van der Waals surface area contributed by atoms with Crippen LogP contribution in [0.4, 0.5) is 5.69 Å². The third-order valence-electron chi connectivity index (χ3n) is 4.43. The summed E-state index contributed by atoms with van der Waals surface area (Å²) in [6, 6.07) is 30.1. The summed E-state index contributed by atoms with van der Waals surface area (Å²) in [6.07, 6.45) is 0. The minimum Gasteiger partial charge on any atom is -0.489 e. The van der Waals surface area contributed by atoms with Gasteiger partial charge in [-0.15, -0.1) is 0 Å². The molecule has 4 aromatic carbocycles. The molecule has 0 fully saturated rings. The van der Waals surface area contributed by atoms with Crippen LogP contribution in [0.5, 0.6) is 11.5 Å². The number of benzene rings is 4. The molecular formula is C24H21NO2. The average Bonchev–Trinajstić information content (AvgIpc) is 2.72. The molecule has 0 spiro atoms. The van der Waals surface area contributed by atoms with Gasteiger partial charge in [-0.05, 0) is 46.2 Å². The first-order valence-electron chi connectivity index (χ1n) is 8.95. The van der Waals surface area contributed by atoms with Crippen LogP contribution < -0.4 is 15.2 Å². The van der Waals surface area contributed by atoms with Crippen LogP contribution in [0.25, 0.3) is 10.8 Å². The Morgan fingerprint density at radius 1 is 0.593 bits per heavy atom. The molecule has 4 rings (SSSR count). The Bertz CT molecular complexity index is 1030. The summed E-state index contributed by atoms with van der Waals surface area (Å²) >= 11 is 0. The zero-order valence-electron chi connectivity index (χ0n) is 15.0. The first-order chi connectivity index (χ1) is 13.3. The highest BCUT2D eigenvalue weighted by molar-refractivity contribution is 5.89. The van der Waals surface area contributed by atoms with Crippen molar-refractivity contribution in [3.05, 3.63) is 102 Å². The van der Waals surface area contributed by atoms with Gasteiger partial charge in [0.05, 0.1) is 5.69 Å². The molecule has 27 heavy (non-hydrogen) atoms. The monoisotopic (exact) mass is 355 g/mol. The van der Waals surface area contributed by atoms with Crippen LogP contribution in [0.1, 0.15) is 11.1 Å². The van der Waals surface area contributed by atoms with E-state index in [-0.39, 0.29) is 0 Å². The fourth-order valence-electron chi connectivity index (χ4n) is 2.96. The van der Waals surface area contributed by atoms with Crippen LogP contribution in [0.3, 0.4) is 0 Å². The van der Waals surface area contributed by atoms with Crippen molar-refractivity contribution in [2.45, 2.75) is 13.2 Å². The van der Waals surface area contributed by atoms with Gasteiger partial charge in [0.15, 0.2) is 0 Å². The second kappa shape index (κ2) is 7.83. The van der Waals surface area contributed by atoms with Crippen molar-refractivity contribution in [1.82, 2.24) is 0 Å². The van der Waals surface area contributed by atoms with E-state index in [4.69, 9.17) is 15.2 Å². The van der Waals surface area contributed by atoms with Crippen LogP contribution in [-0.4, -0.2) is 0 Å². The Morgan fingerprint density at radius 3 is 1.89 bits per heavy atom. The number of fused-ring (bicyclic) bond motifs is 1. The Labute approximate surface area is 159 Å². The predicted molar refractivity (Wildman–Crippen MR) is 110 cm³/mol. The molecule has 0 aliphatic rings. The summed E-state index contributed by atoms with van der Waals surface area (Å²) in [5.74, 6) is 1.52. The van der Waals surface area contributed by atoms with Crippen molar-refractivity contribution in [2.75, 3.05) is 5.73 Å². The summed E-state index contributed by atoms with van der Waals surface area (Å²) < 4.78 is 11.8. The summed E-state index contributed by atoms with van der Waals surface area (Å²) in [5.41, 5.74) is 9.08. The molecular weight excluding hydrogens is 334 g/mol. The Hall–Kier alpha value is -3.46. The maximum atomic E-state index is 6.20. The lowest BCUT2D eigenvalue weighted by molar-refractivity contribution is 0.306. The maximum absolute atomic E-state index is 6.20. The van der Waals surface area contributed by atoms with Crippen molar-refractivity contribution in [3.8, 4) is 11.5 Å². The Morgan fingerprint density at radius 2 is 1.22 bits per heavy atom. The molecule has 0 unspecified atom stereocenters. The van der Waals surface area contributed by atoms with Gasteiger partial charge in [0, 0.05) is 0 Å². The largest absolute Gasteiger partial charge is 0.489 e. The van der Waals surface area contributed by atoms with E-state index in [1.165, 1.54) is 0 Å². The van der Waals surface area contributed by atoms with Crippen molar-refractivity contribution < 1.29 is 9.47 Å². The Kier molecular flexibility index (Phi) is 4.93. The smallest absolute Gasteiger partial charge is 0.143 e. The molecule has 0 bridgehead atoms. The lowest BCUT2D eigenvalue weighted by Gasteiger charge is -2.12. The SMILES string of the molecule is Nc1cc2cc(OCc3ccccc3)ccc2cc1OCc1ccccc1. The van der Waals surface area contributed by atoms with Gasteiger partial charge in [0.2, 0.25) is 0 Å². The van der Waals surface area contributed by atoms with Gasteiger partial charge in [-0.25, -0.2) is 0 Å². The number of rotatable bonds is 6. The average molecular weight is 355 g/mol.